The summed E-state index contributed by atoms with van der Waals surface area (Å²) < 4.78 is 11.3. The summed E-state index contributed by atoms with van der Waals surface area (Å²) >= 11 is 0. The van der Waals surface area contributed by atoms with E-state index in [0.29, 0.717) is 42.1 Å². The fourth-order valence-electron chi connectivity index (χ4n) is 5.23. The van der Waals surface area contributed by atoms with Gasteiger partial charge in [-0.25, -0.2) is 4.98 Å². The Balaban J connectivity index is 1.17. The van der Waals surface area contributed by atoms with Crippen LogP contribution in [0.3, 0.4) is 0 Å². The lowest BCUT2D eigenvalue weighted by atomic mass is 10.1. The van der Waals surface area contributed by atoms with Gasteiger partial charge in [-0.3, -0.25) is 14.5 Å². The van der Waals surface area contributed by atoms with Crippen molar-refractivity contribution in [2.45, 2.75) is 13.0 Å². The summed E-state index contributed by atoms with van der Waals surface area (Å²) in [6.07, 6.45) is 3.15. The maximum absolute atomic E-state index is 13.3. The third-order valence-corrected chi connectivity index (χ3v) is 7.33. The third-order valence-electron chi connectivity index (χ3n) is 7.33. The van der Waals surface area contributed by atoms with E-state index in [2.05, 4.69) is 35.7 Å². The molecule has 5 heterocycles. The van der Waals surface area contributed by atoms with Crippen molar-refractivity contribution in [3.63, 3.8) is 0 Å². The van der Waals surface area contributed by atoms with E-state index in [4.69, 9.17) is 9.47 Å². The summed E-state index contributed by atoms with van der Waals surface area (Å²) in [6.45, 7) is 8.61. The van der Waals surface area contributed by atoms with Crippen molar-refractivity contribution in [3.05, 3.63) is 64.2 Å². The minimum absolute atomic E-state index is 0.00803. The van der Waals surface area contributed by atoms with Crippen LogP contribution in [0.25, 0.3) is 0 Å². The molecular weight excluding hydrogens is 486 g/mol. The average molecular weight is 518 g/mol. The Labute approximate surface area is 220 Å². The number of ether oxygens (including phenoxy) is 2. The minimum atomic E-state index is -0.500. The van der Waals surface area contributed by atoms with Crippen LogP contribution in [-0.4, -0.2) is 79.4 Å². The Bertz CT molecular complexity index is 1390. The fraction of sp³-hybridized carbons (Fsp3) is 0.370. The Hall–Kier alpha value is -4.09. The summed E-state index contributed by atoms with van der Waals surface area (Å²) in [7, 11) is 0. The second kappa shape index (κ2) is 10.3. The van der Waals surface area contributed by atoms with Crippen LogP contribution in [0.2, 0.25) is 0 Å². The highest BCUT2D eigenvalue weighted by atomic mass is 16.5. The molecule has 0 saturated carbocycles. The number of hydrogen-bond acceptors (Lipinski definition) is 9. The Kier molecular flexibility index (Phi) is 6.61. The van der Waals surface area contributed by atoms with E-state index < -0.39 is 11.5 Å². The number of anilines is 5. The lowest BCUT2D eigenvalue weighted by Gasteiger charge is -2.44. The van der Waals surface area contributed by atoms with Crippen molar-refractivity contribution in [2.24, 2.45) is 0 Å². The van der Waals surface area contributed by atoms with Crippen LogP contribution in [0.15, 0.2) is 47.5 Å². The van der Waals surface area contributed by atoms with Crippen molar-refractivity contribution in [2.75, 3.05) is 73.4 Å². The van der Waals surface area contributed by atoms with Gasteiger partial charge in [0.25, 0.3) is 11.5 Å². The molecule has 2 aromatic heterocycles. The number of pyridine rings is 2. The van der Waals surface area contributed by atoms with E-state index in [-0.39, 0.29) is 5.56 Å². The Morgan fingerprint density at radius 1 is 1.11 bits per heavy atom. The van der Waals surface area contributed by atoms with E-state index in [9.17, 15) is 9.59 Å². The van der Waals surface area contributed by atoms with Crippen LogP contribution < -0.4 is 31.1 Å². The van der Waals surface area contributed by atoms with Crippen LogP contribution in [0.5, 0.6) is 5.88 Å². The molecule has 11 nitrogen and oxygen atoms in total. The zero-order valence-electron chi connectivity index (χ0n) is 21.3. The fourth-order valence-corrected chi connectivity index (χ4v) is 5.23. The molecule has 38 heavy (non-hydrogen) atoms. The number of carbonyl (C=O) groups excluding carboxylic acids is 1. The minimum Gasteiger partial charge on any atom is -0.474 e. The van der Waals surface area contributed by atoms with E-state index in [1.165, 1.54) is 6.20 Å². The smallest absolute Gasteiger partial charge is 0.263 e. The quantitative estimate of drug-likeness (QED) is 0.404. The van der Waals surface area contributed by atoms with Gasteiger partial charge in [-0.1, -0.05) is 0 Å². The standard InChI is InChI=1S/C27H31N7O4/c1-17-22(14-30-27-24(17)28-8-12-38-27)32-21-6-7-29-25(35)23(21)26(36)31-18-2-4-19(5-3-18)34-10-9-33-11-13-37-16-20(33)15-34/h2-7,14,20,28H,8-13,15-16H2,1H3,(H,31,36)(H2,29,32,35)/t20-/m1/s1. The first kappa shape index (κ1) is 24.3. The van der Waals surface area contributed by atoms with Crippen molar-refractivity contribution in [1.29, 1.82) is 0 Å². The highest BCUT2D eigenvalue weighted by Crippen LogP contribution is 2.34. The number of aromatic nitrogens is 2. The first-order valence-corrected chi connectivity index (χ1v) is 12.9. The molecular formula is C27H31N7O4. The molecule has 2 saturated heterocycles. The van der Waals surface area contributed by atoms with Crippen molar-refractivity contribution in [3.8, 4) is 5.88 Å². The molecule has 198 valence electrons. The SMILES string of the molecule is Cc1c(Nc2cc[nH]c(=O)c2C(=O)Nc2ccc(N3CCN4CCOC[C@H]4C3)cc2)cnc2c1NCCO2. The maximum Gasteiger partial charge on any atom is 0.263 e. The predicted molar refractivity (Wildman–Crippen MR) is 146 cm³/mol. The van der Waals surface area contributed by atoms with E-state index in [0.717, 1.165) is 56.3 Å². The van der Waals surface area contributed by atoms with Crippen LogP contribution in [-0.2, 0) is 4.74 Å². The molecule has 6 rings (SSSR count). The molecule has 3 aliphatic heterocycles. The van der Waals surface area contributed by atoms with Gasteiger partial charge in [0, 0.05) is 55.9 Å². The molecule has 2 fully saturated rings. The molecule has 1 aromatic carbocycles. The van der Waals surface area contributed by atoms with Gasteiger partial charge in [-0.2, -0.15) is 0 Å². The third kappa shape index (κ3) is 4.77. The molecule has 0 aliphatic carbocycles. The first-order chi connectivity index (χ1) is 18.6. The summed E-state index contributed by atoms with van der Waals surface area (Å²) in [6, 6.07) is 9.80. The summed E-state index contributed by atoms with van der Waals surface area (Å²) in [5.74, 6) is 0.0423. The first-order valence-electron chi connectivity index (χ1n) is 12.9. The number of amides is 1. The van der Waals surface area contributed by atoms with E-state index in [1.54, 1.807) is 12.3 Å². The average Bonchev–Trinajstić information content (AvgIpc) is 2.95. The van der Waals surface area contributed by atoms with Crippen LogP contribution in [0.1, 0.15) is 15.9 Å². The van der Waals surface area contributed by atoms with Gasteiger partial charge in [-0.15, -0.1) is 0 Å². The maximum atomic E-state index is 13.3. The molecule has 1 amide bonds. The van der Waals surface area contributed by atoms with Crippen molar-refractivity contribution >= 4 is 34.3 Å². The van der Waals surface area contributed by atoms with Crippen LogP contribution >= 0.6 is 0 Å². The van der Waals surface area contributed by atoms with Crippen LogP contribution in [0.4, 0.5) is 28.4 Å². The number of piperazine rings is 1. The van der Waals surface area contributed by atoms with Crippen molar-refractivity contribution in [1.82, 2.24) is 14.9 Å². The summed E-state index contributed by atoms with van der Waals surface area (Å²) in [5.41, 5.74) is 3.97. The molecule has 1 atom stereocenters. The number of hydrogen-bond donors (Lipinski definition) is 4. The molecule has 0 bridgehead atoms. The lowest BCUT2D eigenvalue weighted by molar-refractivity contribution is -0.0116. The van der Waals surface area contributed by atoms with Crippen LogP contribution in [0, 0.1) is 6.92 Å². The monoisotopic (exact) mass is 517 g/mol. The van der Waals surface area contributed by atoms with Gasteiger partial charge in [0.1, 0.15) is 17.9 Å². The predicted octanol–water partition coefficient (Wildman–Crippen LogP) is 2.40. The number of aromatic amines is 1. The summed E-state index contributed by atoms with van der Waals surface area (Å²) in [5, 5.41) is 9.38. The van der Waals surface area contributed by atoms with Gasteiger partial charge in [0.15, 0.2) is 0 Å². The molecule has 3 aliphatic rings. The number of fused-ring (bicyclic) bond motifs is 2. The van der Waals surface area contributed by atoms with Crippen molar-refractivity contribution < 1.29 is 14.3 Å². The topological polar surface area (TPSA) is 124 Å². The number of carbonyl (C=O) groups is 1. The normalized spacial score (nSPS) is 19.0. The van der Waals surface area contributed by atoms with Gasteiger partial charge < -0.3 is 35.3 Å². The zero-order chi connectivity index (χ0) is 26.1. The second-order valence-electron chi connectivity index (χ2n) is 9.68. The second-order valence-corrected chi connectivity index (χ2v) is 9.68. The number of H-pyrrole nitrogens is 1. The highest BCUT2D eigenvalue weighted by molar-refractivity contribution is 6.08. The van der Waals surface area contributed by atoms with Gasteiger partial charge in [-0.05, 0) is 37.3 Å². The lowest BCUT2D eigenvalue weighted by Crippen LogP contribution is -2.58. The van der Waals surface area contributed by atoms with E-state index in [1.807, 2.05) is 31.2 Å². The molecule has 3 aromatic rings. The zero-order valence-corrected chi connectivity index (χ0v) is 21.3. The number of morpholine rings is 1. The largest absolute Gasteiger partial charge is 0.474 e. The highest BCUT2D eigenvalue weighted by Gasteiger charge is 2.29. The molecule has 0 unspecified atom stereocenters. The Morgan fingerprint density at radius 2 is 1.97 bits per heavy atom. The molecule has 0 radical (unpaired) electrons. The summed E-state index contributed by atoms with van der Waals surface area (Å²) in [4.78, 5) is 37.8. The number of nitrogens with zero attached hydrogens (tertiary/aromatic N) is 3. The van der Waals surface area contributed by atoms with Gasteiger partial charge in [0.05, 0.1) is 36.8 Å². The molecule has 0 spiro atoms. The van der Waals surface area contributed by atoms with Gasteiger partial charge >= 0.3 is 0 Å². The van der Waals surface area contributed by atoms with Gasteiger partial charge in [0.2, 0.25) is 5.88 Å². The molecule has 11 heteroatoms. The number of rotatable bonds is 5. The Morgan fingerprint density at radius 3 is 2.84 bits per heavy atom. The number of benzene rings is 1. The number of nitrogens with one attached hydrogen (secondary N) is 4. The van der Waals surface area contributed by atoms with E-state index >= 15 is 0 Å². The molecule has 4 N–H and O–H groups in total.